The number of aliphatic hydroxyl groups excluding tert-OH is 2. The molecule has 3 atom stereocenters. The van der Waals surface area contributed by atoms with Crippen molar-refractivity contribution in [3.63, 3.8) is 0 Å². The Morgan fingerprint density at radius 3 is 1.96 bits per heavy atom. The molecule has 3 unspecified atom stereocenters. The predicted octanol–water partition coefficient (Wildman–Crippen LogP) is 3.71. The molecule has 0 radical (unpaired) electrons. The third-order valence-electron chi connectivity index (χ3n) is 8.92. The van der Waals surface area contributed by atoms with E-state index in [0.29, 0.717) is 22.4 Å². The van der Waals surface area contributed by atoms with Crippen LogP contribution in [0.5, 0.6) is 34.5 Å². The first kappa shape index (κ1) is 32.4. The highest BCUT2D eigenvalue weighted by Gasteiger charge is 2.47. The Morgan fingerprint density at radius 1 is 0.750 bits per heavy atom. The van der Waals surface area contributed by atoms with Gasteiger partial charge in [0.25, 0.3) is 0 Å². The number of aryl methyl sites for hydroxylation is 2. The van der Waals surface area contributed by atoms with Crippen LogP contribution in [0.2, 0.25) is 0 Å². The van der Waals surface area contributed by atoms with Crippen molar-refractivity contribution in [2.24, 2.45) is 0 Å². The molecule has 6 rings (SSSR count). The largest absolute Gasteiger partial charge is 0.508 e. The second-order valence-corrected chi connectivity index (χ2v) is 11.9. The number of methoxy groups -OCH3 is 2. The van der Waals surface area contributed by atoms with Crippen LogP contribution < -0.4 is 9.47 Å². The number of hydrogen-bond donors (Lipinski definition) is 6. The van der Waals surface area contributed by atoms with Crippen molar-refractivity contribution in [1.29, 1.82) is 0 Å². The van der Waals surface area contributed by atoms with Crippen LogP contribution in [0, 0.1) is 13.8 Å². The number of ketones is 2. The third-order valence-corrected chi connectivity index (χ3v) is 8.92. The van der Waals surface area contributed by atoms with Crippen molar-refractivity contribution in [3.05, 3.63) is 104 Å². The molecule has 6 N–H and O–H groups in total. The minimum Gasteiger partial charge on any atom is -0.508 e. The lowest BCUT2D eigenvalue weighted by atomic mass is 9.63. The van der Waals surface area contributed by atoms with E-state index >= 15 is 0 Å². The zero-order valence-electron chi connectivity index (χ0n) is 26.3. The second kappa shape index (κ2) is 11.9. The summed E-state index contributed by atoms with van der Waals surface area (Å²) in [5.41, 5.74) is 1.01. The molecule has 12 nitrogen and oxygen atoms in total. The molecule has 12 heteroatoms. The molecule has 0 bridgehead atoms. The van der Waals surface area contributed by atoms with Gasteiger partial charge in [-0.05, 0) is 65.4 Å². The highest BCUT2D eigenvalue weighted by molar-refractivity contribution is 6.19. The zero-order chi connectivity index (χ0) is 34.8. The molecule has 48 heavy (non-hydrogen) atoms. The number of carbonyl (C=O) groups is 3. The van der Waals surface area contributed by atoms with E-state index in [1.165, 1.54) is 45.4 Å². The van der Waals surface area contributed by atoms with Gasteiger partial charge in [0.1, 0.15) is 52.8 Å². The monoisotopic (exact) mass is 656 g/mol. The number of rotatable bonds is 7. The van der Waals surface area contributed by atoms with E-state index in [1.54, 1.807) is 19.1 Å². The van der Waals surface area contributed by atoms with Crippen LogP contribution in [0.4, 0.5) is 0 Å². The van der Waals surface area contributed by atoms with E-state index in [4.69, 9.17) is 19.3 Å². The summed E-state index contributed by atoms with van der Waals surface area (Å²) in [6.45, 7) is 1.98. The van der Waals surface area contributed by atoms with Gasteiger partial charge in [-0.25, -0.2) is 4.79 Å². The fraction of sp³-hybridized carbons (Fsp3) is 0.250. The topological polar surface area (TPSA) is 200 Å². The minimum absolute atomic E-state index is 0.0190. The van der Waals surface area contributed by atoms with Crippen molar-refractivity contribution in [3.8, 4) is 34.5 Å². The lowest BCUT2D eigenvalue weighted by Crippen LogP contribution is -2.30. The molecule has 0 saturated heterocycles. The lowest BCUT2D eigenvalue weighted by Gasteiger charge is -2.39. The van der Waals surface area contributed by atoms with Gasteiger partial charge < -0.3 is 44.8 Å². The van der Waals surface area contributed by atoms with E-state index in [1.807, 2.05) is 0 Å². The van der Waals surface area contributed by atoms with Gasteiger partial charge in [-0.3, -0.25) is 9.59 Å². The summed E-state index contributed by atoms with van der Waals surface area (Å²) in [4.78, 5) is 41.5. The Kier molecular flexibility index (Phi) is 8.02. The van der Waals surface area contributed by atoms with Crippen LogP contribution in [0.1, 0.15) is 87.4 Å². The Labute approximate surface area is 274 Å². The summed E-state index contributed by atoms with van der Waals surface area (Å²) in [7, 11) is 2.82. The van der Waals surface area contributed by atoms with Gasteiger partial charge >= 0.3 is 5.97 Å². The Bertz CT molecular complexity index is 2050. The maximum Gasteiger partial charge on any atom is 0.342 e. The van der Waals surface area contributed by atoms with Gasteiger partial charge in [0.2, 0.25) is 11.6 Å². The second-order valence-electron chi connectivity index (χ2n) is 11.9. The molecule has 2 aliphatic rings. The first-order chi connectivity index (χ1) is 22.8. The van der Waals surface area contributed by atoms with Crippen molar-refractivity contribution in [2.45, 2.75) is 31.8 Å². The number of benzene rings is 4. The number of ether oxygens (including phenoxy) is 3. The molecule has 4 aromatic carbocycles. The maximum absolute atomic E-state index is 14.2. The molecule has 4 aromatic rings. The summed E-state index contributed by atoms with van der Waals surface area (Å²) in [6.07, 6.45) is -1.38. The number of hydrogen-bond acceptors (Lipinski definition) is 12. The fourth-order valence-corrected chi connectivity index (χ4v) is 6.96. The van der Waals surface area contributed by atoms with Crippen LogP contribution >= 0.6 is 0 Å². The average molecular weight is 657 g/mol. The standard InChI is InChI=1S/C36H32O12/c1-14-5-19-27(22-10-18(46-3)11-25(47-4)31(22)34(43)29(19)23(40)6-14)28-20-7-15(2)26(36(45)48-13-17(39)12-37)33(42)32(20)35(44)30-21(28)8-16(38)9-24(30)41/h5-11,17,27-28,37-42H,12-13H2,1-4H3. The van der Waals surface area contributed by atoms with Crippen LogP contribution in [0.25, 0.3) is 0 Å². The Balaban J connectivity index is 1.72. The average Bonchev–Trinajstić information content (AvgIpc) is 3.03. The third kappa shape index (κ3) is 4.88. The minimum atomic E-state index is -1.38. The van der Waals surface area contributed by atoms with Crippen LogP contribution in [0.15, 0.2) is 42.5 Å². The van der Waals surface area contributed by atoms with Gasteiger partial charge in [-0.15, -0.1) is 0 Å². The van der Waals surface area contributed by atoms with Gasteiger partial charge in [0.15, 0.2) is 0 Å². The van der Waals surface area contributed by atoms with Crippen molar-refractivity contribution in [1.82, 2.24) is 0 Å². The Morgan fingerprint density at radius 2 is 1.33 bits per heavy atom. The van der Waals surface area contributed by atoms with Gasteiger partial charge in [0.05, 0.1) is 43.1 Å². The number of phenols is 4. The van der Waals surface area contributed by atoms with Crippen LogP contribution in [-0.2, 0) is 4.74 Å². The number of aliphatic hydroxyl groups is 2. The van der Waals surface area contributed by atoms with Gasteiger partial charge in [-0.2, -0.15) is 0 Å². The lowest BCUT2D eigenvalue weighted by molar-refractivity contribution is 0.00906. The molecule has 248 valence electrons. The SMILES string of the molecule is COc1cc(OC)c2c(c1)C(C1c3cc(O)cc(O)c3C(=O)c3c1cc(C)c(C(=O)OCC(O)CO)c3O)c1cc(C)cc(O)c1C2=O. The van der Waals surface area contributed by atoms with Crippen molar-refractivity contribution in [2.75, 3.05) is 27.4 Å². The number of esters is 1. The Hall–Kier alpha value is -5.59. The summed E-state index contributed by atoms with van der Waals surface area (Å²) in [5, 5.41) is 63.5. The first-order valence-electron chi connectivity index (χ1n) is 14.9. The summed E-state index contributed by atoms with van der Waals surface area (Å²) >= 11 is 0. The van der Waals surface area contributed by atoms with E-state index in [0.717, 1.165) is 6.07 Å². The van der Waals surface area contributed by atoms with Crippen LogP contribution in [-0.4, -0.2) is 81.7 Å². The molecule has 0 spiro atoms. The normalized spacial score (nSPS) is 16.7. The van der Waals surface area contributed by atoms with E-state index < -0.39 is 60.2 Å². The molecule has 0 amide bonds. The van der Waals surface area contributed by atoms with Gasteiger partial charge in [0, 0.05) is 24.0 Å². The first-order valence-corrected chi connectivity index (χ1v) is 14.9. The molecule has 0 saturated carbocycles. The number of phenolic OH excluding ortho intramolecular Hbond substituents is 4. The van der Waals surface area contributed by atoms with Gasteiger partial charge in [-0.1, -0.05) is 12.1 Å². The predicted molar refractivity (Wildman–Crippen MR) is 169 cm³/mol. The highest BCUT2D eigenvalue weighted by Crippen LogP contribution is 2.57. The summed E-state index contributed by atoms with van der Waals surface area (Å²) < 4.78 is 16.3. The van der Waals surface area contributed by atoms with E-state index in [2.05, 4.69) is 0 Å². The smallest absolute Gasteiger partial charge is 0.342 e. The molecule has 2 aliphatic carbocycles. The number of fused-ring (bicyclic) bond motifs is 4. The molecule has 0 heterocycles. The molecular formula is C36H32O12. The van der Waals surface area contributed by atoms with Crippen molar-refractivity contribution >= 4 is 17.5 Å². The zero-order valence-corrected chi connectivity index (χ0v) is 26.3. The van der Waals surface area contributed by atoms with Crippen LogP contribution in [0.3, 0.4) is 0 Å². The molecule has 0 fully saturated rings. The summed E-state index contributed by atoms with van der Waals surface area (Å²) in [5.74, 6) is -5.91. The molecular weight excluding hydrogens is 624 g/mol. The highest BCUT2D eigenvalue weighted by atomic mass is 16.5. The quantitative estimate of drug-likeness (QED) is 0.158. The van der Waals surface area contributed by atoms with E-state index in [-0.39, 0.29) is 61.8 Å². The molecule has 0 aliphatic heterocycles. The fourth-order valence-electron chi connectivity index (χ4n) is 6.96. The number of carbonyl (C=O) groups excluding carboxylic acids is 3. The van der Waals surface area contributed by atoms with E-state index in [9.17, 15) is 39.9 Å². The molecule has 0 aromatic heterocycles. The summed E-state index contributed by atoms with van der Waals surface area (Å²) in [6, 6.07) is 10.1. The van der Waals surface area contributed by atoms with Crippen molar-refractivity contribution < 1.29 is 59.2 Å². The maximum atomic E-state index is 14.2. The number of aromatic hydroxyl groups is 4.